The van der Waals surface area contributed by atoms with Crippen LogP contribution in [0.2, 0.25) is 0 Å². The van der Waals surface area contributed by atoms with E-state index in [0.29, 0.717) is 30.4 Å². The zero-order valence-corrected chi connectivity index (χ0v) is 19.2. The van der Waals surface area contributed by atoms with E-state index in [1.807, 2.05) is 45.9 Å². The highest BCUT2D eigenvalue weighted by Crippen LogP contribution is 2.30. The summed E-state index contributed by atoms with van der Waals surface area (Å²) < 4.78 is 11.1. The van der Waals surface area contributed by atoms with Crippen LogP contribution in [0.25, 0.3) is 0 Å². The molecule has 2 aromatic carbocycles. The number of nitrogens with one attached hydrogen (secondary N) is 2. The number of hydrogen-bond acceptors (Lipinski definition) is 5. The first-order valence-corrected chi connectivity index (χ1v) is 10.5. The van der Waals surface area contributed by atoms with E-state index < -0.39 is 6.04 Å². The van der Waals surface area contributed by atoms with E-state index in [4.69, 9.17) is 9.47 Å². The van der Waals surface area contributed by atoms with E-state index in [1.165, 1.54) is 0 Å². The Labute approximate surface area is 184 Å². The van der Waals surface area contributed by atoms with Crippen LogP contribution < -0.4 is 20.1 Å². The predicted octanol–water partition coefficient (Wildman–Crippen LogP) is 4.00. The molecule has 0 radical (unpaired) electrons. The second kappa shape index (κ2) is 11.4. The van der Waals surface area contributed by atoms with E-state index in [2.05, 4.69) is 10.6 Å². The van der Waals surface area contributed by atoms with Crippen molar-refractivity contribution in [2.24, 2.45) is 0 Å². The zero-order valence-electron chi connectivity index (χ0n) is 19.2. The highest BCUT2D eigenvalue weighted by atomic mass is 16.5. The zero-order chi connectivity index (χ0) is 23.0. The average Bonchev–Trinajstić information content (AvgIpc) is 2.71. The van der Waals surface area contributed by atoms with Gasteiger partial charge in [0, 0.05) is 17.4 Å². The smallest absolute Gasteiger partial charge is 0.241 e. The minimum absolute atomic E-state index is 0.0681. The van der Waals surface area contributed by atoms with Gasteiger partial charge in [-0.05, 0) is 65.4 Å². The molecule has 31 heavy (non-hydrogen) atoms. The van der Waals surface area contributed by atoms with Gasteiger partial charge in [-0.2, -0.15) is 0 Å². The molecule has 1 atom stereocenters. The van der Waals surface area contributed by atoms with Gasteiger partial charge in [-0.1, -0.05) is 17.7 Å². The highest BCUT2D eigenvalue weighted by molar-refractivity contribution is 5.96. The monoisotopic (exact) mass is 427 g/mol. The van der Waals surface area contributed by atoms with Crippen molar-refractivity contribution < 1.29 is 19.1 Å². The molecule has 0 bridgehead atoms. The van der Waals surface area contributed by atoms with Crippen LogP contribution >= 0.6 is 0 Å². The lowest BCUT2D eigenvalue weighted by Crippen LogP contribution is -2.43. The van der Waals surface area contributed by atoms with Crippen molar-refractivity contribution >= 4 is 23.2 Å². The van der Waals surface area contributed by atoms with Crippen LogP contribution in [-0.2, 0) is 9.59 Å². The molecule has 0 heterocycles. The molecule has 168 valence electrons. The van der Waals surface area contributed by atoms with Gasteiger partial charge in [0.25, 0.3) is 0 Å². The van der Waals surface area contributed by atoms with Gasteiger partial charge >= 0.3 is 0 Å². The number of anilines is 2. The van der Waals surface area contributed by atoms with E-state index >= 15 is 0 Å². The number of likely N-dealkylation sites (N-methyl/N-ethyl adjacent to an activating group) is 1. The van der Waals surface area contributed by atoms with Gasteiger partial charge in [0.15, 0.2) is 11.5 Å². The van der Waals surface area contributed by atoms with Gasteiger partial charge in [-0.25, -0.2) is 0 Å². The molecule has 2 N–H and O–H groups in total. The predicted molar refractivity (Wildman–Crippen MR) is 124 cm³/mol. The Morgan fingerprint density at radius 2 is 1.65 bits per heavy atom. The Kier molecular flexibility index (Phi) is 8.88. The minimum atomic E-state index is -0.481. The first-order chi connectivity index (χ1) is 14.7. The number of carbonyl (C=O) groups is 2. The summed E-state index contributed by atoms with van der Waals surface area (Å²) in [5, 5.41) is 5.79. The van der Waals surface area contributed by atoms with Crippen molar-refractivity contribution in [2.45, 2.75) is 40.7 Å². The van der Waals surface area contributed by atoms with Crippen molar-refractivity contribution in [3.05, 3.63) is 47.5 Å². The third-order valence-electron chi connectivity index (χ3n) is 4.90. The van der Waals surface area contributed by atoms with E-state index in [0.717, 1.165) is 16.8 Å². The first kappa shape index (κ1) is 24.2. The summed E-state index contributed by atoms with van der Waals surface area (Å²) in [6, 6.07) is 10.7. The van der Waals surface area contributed by atoms with Gasteiger partial charge in [-0.3, -0.25) is 14.5 Å². The average molecular weight is 428 g/mol. The summed E-state index contributed by atoms with van der Waals surface area (Å²) in [4.78, 5) is 26.9. The van der Waals surface area contributed by atoms with E-state index in [9.17, 15) is 9.59 Å². The fourth-order valence-corrected chi connectivity index (χ4v) is 3.08. The number of rotatable bonds is 10. The first-order valence-electron chi connectivity index (χ1n) is 10.5. The molecule has 1 unspecified atom stereocenters. The van der Waals surface area contributed by atoms with Crippen molar-refractivity contribution in [1.29, 1.82) is 0 Å². The molecule has 0 aliphatic carbocycles. The van der Waals surface area contributed by atoms with Gasteiger partial charge in [0.2, 0.25) is 11.8 Å². The number of amides is 2. The maximum absolute atomic E-state index is 12.6. The number of benzene rings is 2. The van der Waals surface area contributed by atoms with Crippen LogP contribution in [0, 0.1) is 13.8 Å². The second-order valence-corrected chi connectivity index (χ2v) is 7.47. The standard InChI is InChI=1S/C24H33N3O4/c1-7-30-21-12-10-19(14-22(21)31-8-2)25-23(28)15-27(6)18(5)24(29)26-20-11-9-16(3)13-17(20)4/h9-14,18H,7-8,15H2,1-6H3,(H,25,28)(H,26,29). The number of hydrogen-bond donors (Lipinski definition) is 2. The molecule has 0 fully saturated rings. The fraction of sp³-hybridized carbons (Fsp3) is 0.417. The summed E-state index contributed by atoms with van der Waals surface area (Å²) in [6.07, 6.45) is 0. The molecular weight excluding hydrogens is 394 g/mol. The Balaban J connectivity index is 1.96. The SMILES string of the molecule is CCOc1ccc(NC(=O)CN(C)C(C)C(=O)Nc2ccc(C)cc2C)cc1OCC. The van der Waals surface area contributed by atoms with Crippen LogP contribution in [0.3, 0.4) is 0 Å². The Bertz CT molecular complexity index is 914. The molecule has 2 amide bonds. The number of aryl methyl sites for hydroxylation is 2. The van der Waals surface area contributed by atoms with Gasteiger partial charge < -0.3 is 20.1 Å². The van der Waals surface area contributed by atoms with Crippen LogP contribution in [-0.4, -0.2) is 49.6 Å². The highest BCUT2D eigenvalue weighted by Gasteiger charge is 2.21. The van der Waals surface area contributed by atoms with Gasteiger partial charge in [0.1, 0.15) is 0 Å². The second-order valence-electron chi connectivity index (χ2n) is 7.47. The van der Waals surface area contributed by atoms with Crippen LogP contribution in [0.5, 0.6) is 11.5 Å². The number of ether oxygens (including phenoxy) is 2. The number of nitrogens with zero attached hydrogens (tertiary/aromatic N) is 1. The summed E-state index contributed by atoms with van der Waals surface area (Å²) in [6.45, 7) is 10.6. The molecule has 0 saturated carbocycles. The minimum Gasteiger partial charge on any atom is -0.490 e. The molecular formula is C24H33N3O4. The van der Waals surface area contributed by atoms with Gasteiger partial charge in [0.05, 0.1) is 25.8 Å². The molecule has 0 aliphatic heterocycles. The number of carbonyl (C=O) groups excluding carboxylic acids is 2. The molecule has 2 aromatic rings. The molecule has 0 saturated heterocycles. The Morgan fingerprint density at radius 1 is 0.968 bits per heavy atom. The van der Waals surface area contributed by atoms with Crippen molar-refractivity contribution in [2.75, 3.05) is 37.4 Å². The summed E-state index contributed by atoms with van der Waals surface area (Å²) in [7, 11) is 1.75. The molecule has 7 nitrogen and oxygen atoms in total. The normalized spacial score (nSPS) is 11.7. The Hall–Kier alpha value is -3.06. The molecule has 7 heteroatoms. The molecule has 0 aliphatic rings. The lowest BCUT2D eigenvalue weighted by molar-refractivity contribution is -0.122. The third kappa shape index (κ3) is 7.00. The molecule has 2 rings (SSSR count). The van der Waals surface area contributed by atoms with Crippen molar-refractivity contribution in [3.63, 3.8) is 0 Å². The molecule has 0 spiro atoms. The molecule has 0 aromatic heterocycles. The van der Waals surface area contributed by atoms with Crippen LogP contribution in [0.1, 0.15) is 31.9 Å². The van der Waals surface area contributed by atoms with Crippen LogP contribution in [0.15, 0.2) is 36.4 Å². The van der Waals surface area contributed by atoms with Crippen molar-refractivity contribution in [3.8, 4) is 11.5 Å². The lowest BCUT2D eigenvalue weighted by atomic mass is 10.1. The lowest BCUT2D eigenvalue weighted by Gasteiger charge is -2.24. The van der Waals surface area contributed by atoms with Crippen LogP contribution in [0.4, 0.5) is 11.4 Å². The maximum Gasteiger partial charge on any atom is 0.241 e. The Morgan fingerprint density at radius 3 is 2.29 bits per heavy atom. The third-order valence-corrected chi connectivity index (χ3v) is 4.90. The van der Waals surface area contributed by atoms with E-state index in [-0.39, 0.29) is 18.4 Å². The van der Waals surface area contributed by atoms with Crippen molar-refractivity contribution in [1.82, 2.24) is 4.90 Å². The fourth-order valence-electron chi connectivity index (χ4n) is 3.08. The van der Waals surface area contributed by atoms with Gasteiger partial charge in [-0.15, -0.1) is 0 Å². The summed E-state index contributed by atoms with van der Waals surface area (Å²) >= 11 is 0. The topological polar surface area (TPSA) is 79.9 Å². The summed E-state index contributed by atoms with van der Waals surface area (Å²) in [5.41, 5.74) is 3.52. The summed E-state index contributed by atoms with van der Waals surface area (Å²) in [5.74, 6) is 0.829. The largest absolute Gasteiger partial charge is 0.490 e. The maximum atomic E-state index is 12.6. The quantitative estimate of drug-likeness (QED) is 0.599. The van der Waals surface area contributed by atoms with E-state index in [1.54, 1.807) is 37.1 Å².